The maximum atomic E-state index is 10.8. The van der Waals surface area contributed by atoms with Gasteiger partial charge in [0.2, 0.25) is 0 Å². The molecule has 198 valence electrons. The first-order valence-corrected chi connectivity index (χ1v) is 13.1. The smallest absolute Gasteiger partial charge is 0.165 e. The van der Waals surface area contributed by atoms with E-state index in [-0.39, 0.29) is 6.04 Å². The van der Waals surface area contributed by atoms with E-state index in [2.05, 4.69) is 38.7 Å². The Bertz CT molecular complexity index is 1350. The van der Waals surface area contributed by atoms with Crippen LogP contribution in [0.2, 0.25) is 10.0 Å². The predicted molar refractivity (Wildman–Crippen MR) is 144 cm³/mol. The number of aliphatic hydroxyl groups excluding tert-OH is 2. The van der Waals surface area contributed by atoms with Crippen LogP contribution in [0, 0.1) is 0 Å². The number of anilines is 1. The summed E-state index contributed by atoms with van der Waals surface area (Å²) >= 11 is 12.2. The molecule has 0 unspecified atom stereocenters. The van der Waals surface area contributed by atoms with Gasteiger partial charge in [-0.15, -0.1) is 0 Å². The number of nitrogens with one attached hydrogen (secondary N) is 1. The number of aromatic nitrogens is 5. The Morgan fingerprint density at radius 1 is 1.16 bits per heavy atom. The number of ether oxygens (including phenoxy) is 1. The number of unbranched alkanes of at least 4 members (excludes halogenated alkanes) is 1. The molecule has 1 aliphatic rings. The quantitative estimate of drug-likeness (QED) is 0.233. The van der Waals surface area contributed by atoms with E-state index < -0.39 is 24.5 Å². The van der Waals surface area contributed by atoms with Crippen LogP contribution in [0.25, 0.3) is 22.2 Å². The summed E-state index contributed by atoms with van der Waals surface area (Å²) in [5.74, 6) is 0.895. The van der Waals surface area contributed by atoms with Crippen LogP contribution in [0.5, 0.6) is 0 Å². The van der Waals surface area contributed by atoms with Crippen molar-refractivity contribution in [3.05, 3.63) is 46.6 Å². The molecule has 0 spiro atoms. The molecular formula is C25H31Cl2N7O3. The summed E-state index contributed by atoms with van der Waals surface area (Å²) in [6, 6.07) is 5.47. The zero-order chi connectivity index (χ0) is 26.3. The minimum Gasteiger partial charge on any atom is -0.397 e. The summed E-state index contributed by atoms with van der Waals surface area (Å²) in [5.41, 5.74) is 9.21. The Kier molecular flexibility index (Phi) is 7.58. The average molecular weight is 548 g/mol. The van der Waals surface area contributed by atoms with Gasteiger partial charge < -0.3 is 25.7 Å². The number of nitrogen functional groups attached to an aromatic ring is 1. The number of H-pyrrole nitrogens is 1. The lowest BCUT2D eigenvalue weighted by atomic mass is 10.1. The van der Waals surface area contributed by atoms with Crippen molar-refractivity contribution in [2.45, 2.75) is 63.7 Å². The standard InChI is InChI=1S/C25H31Cl2N7O3/c1-13(2)33(8-4-3-5-20-31-17-9-14(26)15(27)10-18(17)32-20)11-19-22(35)23(36)25(37-19)34-12-30-21-16(28)6-7-29-24(21)34/h6-7,9-10,12-13,19,22-23,25,35-36H,3-5,8,11H2,1-2H3,(H2,28,29)(H,31,32)/t19-,22-,23-,25-/m1/s1. The summed E-state index contributed by atoms with van der Waals surface area (Å²) in [6.07, 6.45) is 2.25. The molecule has 5 rings (SSSR count). The number of nitrogens with zero attached hydrogens (tertiary/aromatic N) is 5. The third-order valence-corrected chi connectivity index (χ3v) is 7.65. The van der Waals surface area contributed by atoms with E-state index in [1.807, 2.05) is 0 Å². The molecule has 10 nitrogen and oxygen atoms in total. The van der Waals surface area contributed by atoms with Crippen molar-refractivity contribution in [3.8, 4) is 0 Å². The van der Waals surface area contributed by atoms with E-state index in [0.29, 0.717) is 33.4 Å². The van der Waals surface area contributed by atoms with E-state index in [9.17, 15) is 10.2 Å². The largest absolute Gasteiger partial charge is 0.397 e. The Morgan fingerprint density at radius 2 is 1.95 bits per heavy atom. The maximum absolute atomic E-state index is 10.8. The second-order valence-corrected chi connectivity index (χ2v) is 10.6. The van der Waals surface area contributed by atoms with Gasteiger partial charge in [0.15, 0.2) is 11.9 Å². The molecule has 3 aromatic heterocycles. The molecule has 1 aliphatic heterocycles. The first kappa shape index (κ1) is 26.1. The molecule has 37 heavy (non-hydrogen) atoms. The summed E-state index contributed by atoms with van der Waals surface area (Å²) < 4.78 is 7.78. The van der Waals surface area contributed by atoms with E-state index in [1.165, 1.54) is 6.33 Å². The van der Waals surface area contributed by atoms with Crippen molar-refractivity contribution in [2.24, 2.45) is 0 Å². The predicted octanol–water partition coefficient (Wildman–Crippen LogP) is 3.55. The summed E-state index contributed by atoms with van der Waals surface area (Å²) in [4.78, 5) is 18.8. The average Bonchev–Trinajstić information content (AvgIpc) is 3.53. The molecule has 12 heteroatoms. The number of aryl methyl sites for hydroxylation is 1. The third-order valence-electron chi connectivity index (χ3n) is 6.93. The Morgan fingerprint density at radius 3 is 2.73 bits per heavy atom. The lowest BCUT2D eigenvalue weighted by Crippen LogP contribution is -2.43. The molecule has 1 saturated heterocycles. The molecule has 0 aliphatic carbocycles. The monoisotopic (exact) mass is 547 g/mol. The van der Waals surface area contributed by atoms with Crippen LogP contribution in [0.15, 0.2) is 30.7 Å². The van der Waals surface area contributed by atoms with Crippen molar-refractivity contribution in [1.29, 1.82) is 0 Å². The van der Waals surface area contributed by atoms with E-state index in [1.54, 1.807) is 29.0 Å². The van der Waals surface area contributed by atoms with Gasteiger partial charge in [-0.1, -0.05) is 23.2 Å². The van der Waals surface area contributed by atoms with Crippen molar-refractivity contribution in [1.82, 2.24) is 29.4 Å². The van der Waals surface area contributed by atoms with Crippen LogP contribution in [0.4, 0.5) is 5.69 Å². The number of imidazole rings is 2. The van der Waals surface area contributed by atoms with Gasteiger partial charge in [-0.3, -0.25) is 9.47 Å². The number of rotatable bonds is 9. The molecule has 4 aromatic rings. The lowest BCUT2D eigenvalue weighted by Gasteiger charge is -2.30. The van der Waals surface area contributed by atoms with Gasteiger partial charge in [-0.2, -0.15) is 0 Å². The van der Waals surface area contributed by atoms with Gasteiger partial charge in [-0.05, 0) is 51.4 Å². The highest BCUT2D eigenvalue weighted by Crippen LogP contribution is 2.33. The second kappa shape index (κ2) is 10.7. The molecule has 4 atom stereocenters. The highest BCUT2D eigenvalue weighted by Gasteiger charge is 2.45. The van der Waals surface area contributed by atoms with Crippen molar-refractivity contribution in [3.63, 3.8) is 0 Å². The number of hydrogen-bond donors (Lipinski definition) is 4. The number of benzene rings is 1. The number of hydrogen-bond acceptors (Lipinski definition) is 8. The highest BCUT2D eigenvalue weighted by atomic mass is 35.5. The lowest BCUT2D eigenvalue weighted by molar-refractivity contribution is -0.0469. The minimum atomic E-state index is -1.12. The van der Waals surface area contributed by atoms with Gasteiger partial charge >= 0.3 is 0 Å². The molecule has 4 heterocycles. The normalized spacial score (nSPS) is 22.3. The Hall–Kier alpha value is -2.47. The molecule has 0 radical (unpaired) electrons. The molecule has 0 saturated carbocycles. The third kappa shape index (κ3) is 5.27. The zero-order valence-corrected chi connectivity index (χ0v) is 22.2. The molecule has 0 amide bonds. The number of pyridine rings is 1. The van der Waals surface area contributed by atoms with Crippen molar-refractivity contribution in [2.75, 3.05) is 18.8 Å². The topological polar surface area (TPSA) is 138 Å². The van der Waals surface area contributed by atoms with Gasteiger partial charge in [-0.25, -0.2) is 15.0 Å². The Balaban J connectivity index is 1.19. The fourth-order valence-electron chi connectivity index (χ4n) is 4.82. The van der Waals surface area contributed by atoms with E-state index in [4.69, 9.17) is 33.7 Å². The summed E-state index contributed by atoms with van der Waals surface area (Å²) in [5, 5.41) is 22.6. The first-order chi connectivity index (χ1) is 17.7. The molecule has 1 fully saturated rings. The van der Waals surface area contributed by atoms with Crippen LogP contribution in [0.3, 0.4) is 0 Å². The minimum absolute atomic E-state index is 0.234. The van der Waals surface area contributed by atoms with Crippen LogP contribution >= 0.6 is 23.2 Å². The number of fused-ring (bicyclic) bond motifs is 2. The SMILES string of the molecule is CC(C)N(CCCCc1nc2cc(Cl)c(Cl)cc2[nH]1)C[C@H]1O[C@@H](n2cnc3c(N)ccnc32)[C@H](O)[C@@H]1O. The number of aromatic amines is 1. The van der Waals surface area contributed by atoms with Gasteiger partial charge in [0.25, 0.3) is 0 Å². The number of aliphatic hydroxyl groups is 2. The molecule has 5 N–H and O–H groups in total. The summed E-state index contributed by atoms with van der Waals surface area (Å²) in [6.45, 7) is 5.52. The first-order valence-electron chi connectivity index (χ1n) is 12.4. The van der Waals surface area contributed by atoms with Crippen LogP contribution in [-0.4, -0.2) is 77.1 Å². The molecule has 0 bridgehead atoms. The maximum Gasteiger partial charge on any atom is 0.165 e. The Labute approximate surface area is 224 Å². The fraction of sp³-hybridized carbons (Fsp3) is 0.480. The van der Waals surface area contributed by atoms with Crippen LogP contribution in [-0.2, 0) is 11.2 Å². The summed E-state index contributed by atoms with van der Waals surface area (Å²) in [7, 11) is 0. The zero-order valence-electron chi connectivity index (χ0n) is 20.7. The van der Waals surface area contributed by atoms with Gasteiger partial charge in [0.1, 0.15) is 29.7 Å². The van der Waals surface area contributed by atoms with Crippen LogP contribution < -0.4 is 5.73 Å². The van der Waals surface area contributed by atoms with E-state index in [0.717, 1.165) is 42.7 Å². The van der Waals surface area contributed by atoms with Gasteiger partial charge in [0, 0.05) is 25.2 Å². The van der Waals surface area contributed by atoms with Gasteiger partial charge in [0.05, 0.1) is 33.1 Å². The highest BCUT2D eigenvalue weighted by molar-refractivity contribution is 6.42. The fourth-order valence-corrected chi connectivity index (χ4v) is 5.15. The molecular weight excluding hydrogens is 517 g/mol. The van der Waals surface area contributed by atoms with Crippen LogP contribution in [0.1, 0.15) is 38.7 Å². The number of halogens is 2. The van der Waals surface area contributed by atoms with E-state index >= 15 is 0 Å². The number of nitrogens with two attached hydrogens (primary N) is 1. The second-order valence-electron chi connectivity index (χ2n) is 9.78. The van der Waals surface area contributed by atoms with Crippen molar-refractivity contribution < 1.29 is 14.9 Å². The molecule has 1 aromatic carbocycles. The van der Waals surface area contributed by atoms with Crippen molar-refractivity contribution >= 4 is 51.1 Å².